The molecule has 4 aliphatic heterocycles. The van der Waals surface area contributed by atoms with Gasteiger partial charge < -0.3 is 19.3 Å². The van der Waals surface area contributed by atoms with Gasteiger partial charge in [0.15, 0.2) is 0 Å². The molecule has 170 valence electrons. The van der Waals surface area contributed by atoms with Gasteiger partial charge in [0.25, 0.3) is 11.8 Å². The molecule has 32 heavy (non-hydrogen) atoms. The number of hydrogen-bond donors (Lipinski definition) is 0. The second-order valence-corrected chi connectivity index (χ2v) is 10.9. The van der Waals surface area contributed by atoms with E-state index in [1.54, 1.807) is 18.5 Å². The van der Waals surface area contributed by atoms with E-state index < -0.39 is 0 Å². The highest BCUT2D eigenvalue weighted by Gasteiger charge is 2.63. The van der Waals surface area contributed by atoms with Crippen molar-refractivity contribution >= 4 is 11.8 Å². The van der Waals surface area contributed by atoms with Crippen LogP contribution in [0.5, 0.6) is 0 Å². The summed E-state index contributed by atoms with van der Waals surface area (Å²) in [5.74, 6) is 1.10. The van der Waals surface area contributed by atoms with Crippen LogP contribution in [0.2, 0.25) is 0 Å². The van der Waals surface area contributed by atoms with Crippen molar-refractivity contribution in [2.24, 2.45) is 11.8 Å². The summed E-state index contributed by atoms with van der Waals surface area (Å²) < 4.78 is 12.3. The molecule has 7 heteroatoms. The Bertz CT molecular complexity index is 886. The first kappa shape index (κ1) is 19.5. The van der Waals surface area contributed by atoms with Crippen LogP contribution in [0.3, 0.4) is 0 Å². The lowest BCUT2D eigenvalue weighted by Crippen LogP contribution is -2.72. The fourth-order valence-electron chi connectivity index (χ4n) is 7.05. The van der Waals surface area contributed by atoms with E-state index in [4.69, 9.17) is 9.47 Å². The van der Waals surface area contributed by atoms with Gasteiger partial charge in [0.1, 0.15) is 11.2 Å². The molecule has 4 unspecified atom stereocenters. The summed E-state index contributed by atoms with van der Waals surface area (Å²) in [6, 6.07) is 2.13. The van der Waals surface area contributed by atoms with E-state index in [0.717, 1.165) is 38.9 Å². The fourth-order valence-corrected chi connectivity index (χ4v) is 7.05. The Labute approximate surface area is 188 Å². The average molecular weight is 438 g/mol. The predicted octanol–water partition coefficient (Wildman–Crippen LogP) is 2.65. The van der Waals surface area contributed by atoms with Gasteiger partial charge in [-0.2, -0.15) is 0 Å². The van der Waals surface area contributed by atoms with Crippen LogP contribution in [0.4, 0.5) is 0 Å². The number of nitrogens with zero attached hydrogens (tertiary/aromatic N) is 3. The van der Waals surface area contributed by atoms with Crippen molar-refractivity contribution in [3.8, 4) is 0 Å². The molecule has 7 nitrogen and oxygen atoms in total. The van der Waals surface area contributed by atoms with E-state index in [1.807, 2.05) is 9.80 Å². The van der Waals surface area contributed by atoms with E-state index in [2.05, 4.69) is 4.98 Å². The van der Waals surface area contributed by atoms with Crippen molar-refractivity contribution in [2.75, 3.05) is 26.3 Å². The maximum Gasteiger partial charge on any atom is 0.255 e. The van der Waals surface area contributed by atoms with Crippen LogP contribution in [0.15, 0.2) is 18.5 Å². The van der Waals surface area contributed by atoms with Crippen LogP contribution in [0, 0.1) is 11.8 Å². The molecule has 4 saturated heterocycles. The molecule has 0 bridgehead atoms. The van der Waals surface area contributed by atoms with Crippen molar-refractivity contribution in [3.63, 3.8) is 0 Å². The summed E-state index contributed by atoms with van der Waals surface area (Å²) >= 11 is 0. The minimum atomic E-state index is -0.123. The van der Waals surface area contributed by atoms with Gasteiger partial charge in [-0.3, -0.25) is 14.6 Å². The molecule has 0 N–H and O–H groups in total. The molecule has 5 heterocycles. The third kappa shape index (κ3) is 2.76. The summed E-state index contributed by atoms with van der Waals surface area (Å²) in [6.07, 6.45) is 12.2. The highest BCUT2D eigenvalue weighted by Crippen LogP contribution is 2.53. The summed E-state index contributed by atoms with van der Waals surface area (Å²) in [5.41, 5.74) is 0.791. The fraction of sp³-hybridized carbons (Fsp3) is 0.720. The van der Waals surface area contributed by atoms with Crippen LogP contribution in [0.25, 0.3) is 0 Å². The van der Waals surface area contributed by atoms with Gasteiger partial charge in [-0.15, -0.1) is 0 Å². The molecule has 2 spiro atoms. The molecule has 2 aliphatic carbocycles. The second-order valence-electron chi connectivity index (χ2n) is 10.9. The normalized spacial score (nSPS) is 38.2. The highest BCUT2D eigenvalue weighted by molar-refractivity contribution is 6.00. The number of carbonyl (C=O) groups excluding carboxylic acids is 2. The third-order valence-corrected chi connectivity index (χ3v) is 8.78. The van der Waals surface area contributed by atoms with Crippen molar-refractivity contribution < 1.29 is 19.1 Å². The lowest BCUT2D eigenvalue weighted by molar-refractivity contribution is -0.149. The Hall–Kier alpha value is -1.99. The molecule has 0 radical (unpaired) electrons. The number of rotatable bonds is 4. The first-order valence-electron chi connectivity index (χ1n) is 12.5. The zero-order valence-corrected chi connectivity index (χ0v) is 18.5. The van der Waals surface area contributed by atoms with Gasteiger partial charge in [0, 0.05) is 25.6 Å². The number of carbonyl (C=O) groups is 2. The first-order valence-corrected chi connectivity index (χ1v) is 12.5. The molecule has 2 saturated carbocycles. The topological polar surface area (TPSA) is 72.0 Å². The van der Waals surface area contributed by atoms with Gasteiger partial charge >= 0.3 is 0 Å². The zero-order chi connectivity index (χ0) is 21.5. The third-order valence-electron chi connectivity index (χ3n) is 8.78. The van der Waals surface area contributed by atoms with E-state index in [-0.39, 0.29) is 35.1 Å². The van der Waals surface area contributed by atoms with Gasteiger partial charge in [-0.1, -0.05) is 0 Å². The molecule has 6 aliphatic rings. The van der Waals surface area contributed by atoms with Gasteiger partial charge in [0.05, 0.1) is 36.3 Å². The Morgan fingerprint density at radius 3 is 1.66 bits per heavy atom. The molecule has 0 aromatic carbocycles. The molecular formula is C25H31N3O4. The molecule has 6 fully saturated rings. The number of ether oxygens (including phenoxy) is 2. The quantitative estimate of drug-likeness (QED) is 0.724. The lowest BCUT2D eigenvalue weighted by Gasteiger charge is -2.55. The number of pyridine rings is 1. The number of amides is 2. The molecule has 1 aromatic rings. The Morgan fingerprint density at radius 2 is 1.28 bits per heavy atom. The number of aromatic nitrogens is 1. The Morgan fingerprint density at radius 1 is 0.812 bits per heavy atom. The maximum absolute atomic E-state index is 13.4. The predicted molar refractivity (Wildman–Crippen MR) is 115 cm³/mol. The van der Waals surface area contributed by atoms with Crippen molar-refractivity contribution in [2.45, 2.75) is 74.7 Å². The van der Waals surface area contributed by atoms with E-state index in [1.165, 1.54) is 25.7 Å². The molecule has 1 aromatic heterocycles. The average Bonchev–Trinajstić information content (AvgIpc) is 3.67. The minimum absolute atomic E-state index is 0.0110. The smallest absolute Gasteiger partial charge is 0.255 e. The molecule has 7 rings (SSSR count). The van der Waals surface area contributed by atoms with Crippen molar-refractivity contribution in [3.05, 3.63) is 29.6 Å². The molecule has 4 atom stereocenters. The second kappa shape index (κ2) is 6.76. The highest BCUT2D eigenvalue weighted by atomic mass is 16.5. The van der Waals surface area contributed by atoms with E-state index in [0.29, 0.717) is 36.1 Å². The summed E-state index contributed by atoms with van der Waals surface area (Å²) in [6.45, 7) is 2.95. The van der Waals surface area contributed by atoms with Crippen molar-refractivity contribution in [1.29, 1.82) is 0 Å². The monoisotopic (exact) mass is 437 g/mol. The summed E-state index contributed by atoms with van der Waals surface area (Å²) in [5, 5.41) is 0. The van der Waals surface area contributed by atoms with Gasteiger partial charge in [-0.25, -0.2) is 0 Å². The standard InChI is InChI=1S/C25H31N3O4/c29-22(27-14-24(7-1-9-31-24)20(27)16-3-4-16)18-11-19(13-26-12-18)23(30)28-15-25(8-2-10-32-25)21(28)17-5-6-17/h11-13,16-17,20-21H,1-10,14-15H2. The van der Waals surface area contributed by atoms with Crippen LogP contribution in [0.1, 0.15) is 72.1 Å². The van der Waals surface area contributed by atoms with E-state index >= 15 is 0 Å². The van der Waals surface area contributed by atoms with E-state index in [9.17, 15) is 9.59 Å². The van der Waals surface area contributed by atoms with Crippen LogP contribution in [-0.2, 0) is 9.47 Å². The van der Waals surface area contributed by atoms with Crippen LogP contribution >= 0.6 is 0 Å². The number of likely N-dealkylation sites (tertiary alicyclic amines) is 2. The van der Waals surface area contributed by atoms with Crippen LogP contribution in [-0.4, -0.2) is 76.2 Å². The zero-order valence-electron chi connectivity index (χ0n) is 18.5. The van der Waals surface area contributed by atoms with Crippen molar-refractivity contribution in [1.82, 2.24) is 14.8 Å². The minimum Gasteiger partial charge on any atom is -0.371 e. The first-order chi connectivity index (χ1) is 15.6. The van der Waals surface area contributed by atoms with Gasteiger partial charge in [0.2, 0.25) is 0 Å². The number of hydrogen-bond acceptors (Lipinski definition) is 5. The Kier molecular flexibility index (Phi) is 4.12. The molecular weight excluding hydrogens is 406 g/mol. The lowest BCUT2D eigenvalue weighted by atomic mass is 9.77. The summed E-state index contributed by atoms with van der Waals surface area (Å²) in [7, 11) is 0. The largest absolute Gasteiger partial charge is 0.371 e. The summed E-state index contributed by atoms with van der Waals surface area (Å²) in [4.78, 5) is 35.1. The maximum atomic E-state index is 13.4. The Balaban J connectivity index is 1.10. The SMILES string of the molecule is O=C(c1cncc(C(=O)N2CC3(CCCO3)C2C2CC2)c1)N1CC2(CCCO2)C1C1CC1. The van der Waals surface area contributed by atoms with Crippen LogP contribution < -0.4 is 0 Å². The van der Waals surface area contributed by atoms with Gasteiger partial charge in [-0.05, 0) is 69.3 Å². The molecule has 2 amide bonds.